The van der Waals surface area contributed by atoms with Crippen LogP contribution in [-0.2, 0) is 11.8 Å². The Bertz CT molecular complexity index is 1450. The third-order valence-electron chi connectivity index (χ3n) is 5.86. The molecular weight excluding hydrogens is 432 g/mol. The van der Waals surface area contributed by atoms with Crippen molar-refractivity contribution in [1.29, 1.82) is 0 Å². The number of carbonyl (C=O) groups is 1. The van der Waals surface area contributed by atoms with Crippen LogP contribution in [0.3, 0.4) is 0 Å². The van der Waals surface area contributed by atoms with Gasteiger partial charge in [-0.1, -0.05) is 48.2 Å². The maximum Gasteiger partial charge on any atom is 0.313 e. The molecule has 1 N–H and O–H groups in total. The van der Waals surface area contributed by atoms with Gasteiger partial charge in [-0.3, -0.25) is 9.48 Å². The number of fused-ring (bicyclic) bond motifs is 1. The number of hydrogen-bond donors (Lipinski definition) is 1. The van der Waals surface area contributed by atoms with Gasteiger partial charge in [0.15, 0.2) is 0 Å². The second-order valence-corrected chi connectivity index (χ2v) is 9.08. The molecule has 2 heterocycles. The quantitative estimate of drug-likeness (QED) is 0.429. The van der Waals surface area contributed by atoms with Crippen molar-refractivity contribution in [2.45, 2.75) is 13.3 Å². The molecular formula is C26H22N4O2S. The molecule has 1 aliphatic rings. The summed E-state index contributed by atoms with van der Waals surface area (Å²) in [4.78, 5) is 10.9. The Morgan fingerprint density at radius 3 is 2.48 bits per heavy atom. The highest BCUT2D eigenvalue weighted by atomic mass is 32.2. The van der Waals surface area contributed by atoms with Gasteiger partial charge in [-0.25, -0.2) is 0 Å². The van der Waals surface area contributed by atoms with Crippen LogP contribution in [0.5, 0.6) is 0 Å². The molecule has 0 aliphatic carbocycles. The van der Waals surface area contributed by atoms with Gasteiger partial charge in [-0.15, -0.1) is 5.10 Å². The molecule has 1 aliphatic heterocycles. The highest BCUT2D eigenvalue weighted by Crippen LogP contribution is 2.33. The van der Waals surface area contributed by atoms with Crippen molar-refractivity contribution in [2.75, 3.05) is 5.75 Å². The molecule has 33 heavy (non-hydrogen) atoms. The van der Waals surface area contributed by atoms with E-state index in [1.54, 1.807) is 0 Å². The molecule has 164 valence electrons. The predicted octanol–water partition coefficient (Wildman–Crippen LogP) is 5.54. The van der Waals surface area contributed by atoms with Gasteiger partial charge in [0, 0.05) is 24.7 Å². The fraction of sp³-hybridized carbons (Fsp3) is 0.154. The summed E-state index contributed by atoms with van der Waals surface area (Å²) < 4.78 is 1.87. The summed E-state index contributed by atoms with van der Waals surface area (Å²) in [5.74, 6) is -0.873. The topological polar surface area (TPSA) is 79.8 Å². The van der Waals surface area contributed by atoms with E-state index in [2.05, 4.69) is 70.8 Å². The average Bonchev–Trinajstić information content (AvgIpc) is 3.44. The second kappa shape index (κ2) is 8.67. The van der Waals surface area contributed by atoms with Crippen molar-refractivity contribution in [1.82, 2.24) is 9.78 Å². The number of hydrogen-bond acceptors (Lipinski definition) is 5. The lowest BCUT2D eigenvalue weighted by Gasteiger charge is -2.11. The third kappa shape index (κ3) is 4.32. The normalized spacial score (nSPS) is 13.3. The minimum absolute atomic E-state index is 0.0150. The zero-order valence-electron chi connectivity index (χ0n) is 18.3. The van der Waals surface area contributed by atoms with Crippen molar-refractivity contribution in [3.63, 3.8) is 0 Å². The molecule has 1 aromatic heterocycles. The van der Waals surface area contributed by atoms with Crippen molar-refractivity contribution < 1.29 is 9.90 Å². The highest BCUT2D eigenvalue weighted by molar-refractivity contribution is 8.14. The van der Waals surface area contributed by atoms with Crippen molar-refractivity contribution in [3.8, 4) is 22.3 Å². The standard InChI is InChI=1S/C26H22N4O2S/c1-16-23(14-27-30(16)2)21-10-20(19-8-7-17-5-3-4-6-18(17)9-19)11-22(12-21)24-13-25(29-28-24)33-15-26(31)32/h3-12,14H,13,15H2,1-2H3,(H,31,32). The highest BCUT2D eigenvalue weighted by Gasteiger charge is 2.19. The van der Waals surface area contributed by atoms with E-state index in [1.807, 2.05) is 30.1 Å². The number of aryl methyl sites for hydroxylation is 1. The van der Waals surface area contributed by atoms with Crippen LogP contribution >= 0.6 is 11.8 Å². The van der Waals surface area contributed by atoms with Gasteiger partial charge < -0.3 is 5.11 Å². The van der Waals surface area contributed by atoms with Crippen LogP contribution in [0.2, 0.25) is 0 Å². The first-order valence-corrected chi connectivity index (χ1v) is 11.6. The Kier molecular flexibility index (Phi) is 5.56. The van der Waals surface area contributed by atoms with Gasteiger partial charge in [0.2, 0.25) is 0 Å². The zero-order valence-corrected chi connectivity index (χ0v) is 19.1. The smallest absolute Gasteiger partial charge is 0.313 e. The lowest BCUT2D eigenvalue weighted by Crippen LogP contribution is -2.06. The lowest BCUT2D eigenvalue weighted by atomic mass is 9.93. The number of nitrogens with zero attached hydrogens (tertiary/aromatic N) is 4. The monoisotopic (exact) mass is 454 g/mol. The molecule has 6 nitrogen and oxygen atoms in total. The molecule has 4 aromatic rings. The molecule has 3 aromatic carbocycles. The van der Waals surface area contributed by atoms with E-state index in [0.29, 0.717) is 6.42 Å². The number of rotatable bonds is 5. The first kappa shape index (κ1) is 21.2. The predicted molar refractivity (Wildman–Crippen MR) is 135 cm³/mol. The molecule has 0 bridgehead atoms. The van der Waals surface area contributed by atoms with Crippen LogP contribution < -0.4 is 0 Å². The van der Waals surface area contributed by atoms with E-state index in [1.165, 1.54) is 22.5 Å². The Labute approximate surface area is 195 Å². The average molecular weight is 455 g/mol. The van der Waals surface area contributed by atoms with Crippen molar-refractivity contribution in [3.05, 3.63) is 78.1 Å². The number of aliphatic carboxylic acids is 1. The fourth-order valence-corrected chi connectivity index (χ4v) is 4.61. The molecule has 0 atom stereocenters. The number of carboxylic acids is 1. The largest absolute Gasteiger partial charge is 0.481 e. The molecule has 7 heteroatoms. The van der Waals surface area contributed by atoms with Gasteiger partial charge in [0.1, 0.15) is 5.04 Å². The van der Waals surface area contributed by atoms with E-state index in [4.69, 9.17) is 5.11 Å². The summed E-state index contributed by atoms with van der Waals surface area (Å²) in [7, 11) is 1.94. The van der Waals surface area contributed by atoms with Gasteiger partial charge in [0.05, 0.1) is 17.7 Å². The van der Waals surface area contributed by atoms with Gasteiger partial charge in [0.25, 0.3) is 0 Å². The SMILES string of the molecule is Cc1c(-c2cc(C3=NN=C(SCC(=O)O)C3)cc(-c3ccc4ccccc4c3)c2)cnn1C. The summed E-state index contributed by atoms with van der Waals surface area (Å²) in [5, 5.41) is 25.1. The van der Waals surface area contributed by atoms with E-state index in [0.717, 1.165) is 44.3 Å². The Morgan fingerprint density at radius 1 is 0.970 bits per heavy atom. The van der Waals surface area contributed by atoms with Gasteiger partial charge >= 0.3 is 5.97 Å². The summed E-state index contributed by atoms with van der Waals surface area (Å²) in [6, 6.07) is 21.3. The zero-order chi connectivity index (χ0) is 22.9. The maximum absolute atomic E-state index is 10.9. The molecule has 5 rings (SSSR count). The van der Waals surface area contributed by atoms with Crippen molar-refractivity contribution in [2.24, 2.45) is 17.3 Å². The van der Waals surface area contributed by atoms with Crippen LogP contribution in [0.4, 0.5) is 0 Å². The fourth-order valence-electron chi connectivity index (χ4n) is 3.98. The molecule has 0 amide bonds. The molecule has 0 saturated carbocycles. The van der Waals surface area contributed by atoms with Gasteiger partial charge in [-0.2, -0.15) is 10.2 Å². The lowest BCUT2D eigenvalue weighted by molar-refractivity contribution is -0.133. The number of carboxylic acid groups (broad SMARTS) is 1. The van der Waals surface area contributed by atoms with Crippen LogP contribution in [0, 0.1) is 6.92 Å². The van der Waals surface area contributed by atoms with Crippen LogP contribution in [0.25, 0.3) is 33.0 Å². The Balaban J connectivity index is 1.57. The van der Waals surface area contributed by atoms with E-state index < -0.39 is 5.97 Å². The summed E-state index contributed by atoms with van der Waals surface area (Å²) in [6.07, 6.45) is 2.42. The van der Waals surface area contributed by atoms with Crippen LogP contribution in [0.15, 0.2) is 77.1 Å². The molecule has 0 fully saturated rings. The second-order valence-electron chi connectivity index (χ2n) is 8.03. The molecule has 0 radical (unpaired) electrons. The summed E-state index contributed by atoms with van der Waals surface area (Å²) >= 11 is 1.22. The Morgan fingerprint density at radius 2 is 1.73 bits per heavy atom. The van der Waals surface area contributed by atoms with Crippen LogP contribution in [0.1, 0.15) is 17.7 Å². The minimum Gasteiger partial charge on any atom is -0.481 e. The van der Waals surface area contributed by atoms with E-state index in [-0.39, 0.29) is 5.75 Å². The van der Waals surface area contributed by atoms with E-state index in [9.17, 15) is 4.79 Å². The van der Waals surface area contributed by atoms with Gasteiger partial charge in [-0.05, 0) is 64.2 Å². The number of benzene rings is 3. The number of aromatic nitrogens is 2. The van der Waals surface area contributed by atoms with E-state index >= 15 is 0 Å². The summed E-state index contributed by atoms with van der Waals surface area (Å²) in [5.41, 5.74) is 7.25. The first-order valence-electron chi connectivity index (χ1n) is 10.6. The minimum atomic E-state index is -0.858. The first-order chi connectivity index (χ1) is 16.0. The molecule has 0 spiro atoms. The summed E-state index contributed by atoms with van der Waals surface area (Å²) in [6.45, 7) is 2.06. The maximum atomic E-state index is 10.9. The molecule has 0 unspecified atom stereocenters. The van der Waals surface area contributed by atoms with Crippen molar-refractivity contribution >= 4 is 39.3 Å². The third-order valence-corrected chi connectivity index (χ3v) is 6.81. The Hall–Kier alpha value is -3.71. The van der Waals surface area contributed by atoms with Crippen LogP contribution in [-0.4, -0.2) is 37.4 Å². The number of thioether (sulfide) groups is 1. The molecule has 0 saturated heterocycles.